The summed E-state index contributed by atoms with van der Waals surface area (Å²) in [6.07, 6.45) is -10.2. The van der Waals surface area contributed by atoms with Crippen molar-refractivity contribution in [3.63, 3.8) is 0 Å². The molecule has 0 heterocycles. The highest BCUT2D eigenvalue weighted by atomic mass is 19.4. The third-order valence-corrected chi connectivity index (χ3v) is 4.93. The summed E-state index contributed by atoms with van der Waals surface area (Å²) in [6.45, 7) is 0. The summed E-state index contributed by atoms with van der Waals surface area (Å²) in [5.74, 6) is -1.94. The van der Waals surface area contributed by atoms with E-state index in [9.17, 15) is 56.2 Å². The first-order chi connectivity index (χ1) is 16.6. The number of halogens is 6. The number of nitro groups is 2. The van der Waals surface area contributed by atoms with E-state index in [1.807, 2.05) is 0 Å². The van der Waals surface area contributed by atoms with Crippen molar-refractivity contribution in [2.75, 3.05) is 0 Å². The largest absolute Gasteiger partial charge is 0.423 e. The Labute approximate surface area is 196 Å². The zero-order valence-electron chi connectivity index (χ0n) is 17.4. The van der Waals surface area contributed by atoms with Crippen LogP contribution in [0, 0.1) is 20.2 Å². The molecule has 0 unspecified atom stereocenters. The Morgan fingerprint density at radius 2 is 0.833 bits per heavy atom. The number of hydrogen-bond donors (Lipinski definition) is 0. The van der Waals surface area contributed by atoms with Gasteiger partial charge >= 0.3 is 12.4 Å². The average Bonchev–Trinajstić information content (AvgIpc) is 2.81. The fourth-order valence-corrected chi connectivity index (χ4v) is 3.23. The molecule has 3 aromatic rings. The van der Waals surface area contributed by atoms with Gasteiger partial charge in [0.1, 0.15) is 11.1 Å². The summed E-state index contributed by atoms with van der Waals surface area (Å²) in [5.41, 5.74) is -7.26. The normalized spacial score (nSPS) is 11.7. The van der Waals surface area contributed by atoms with Crippen molar-refractivity contribution in [2.45, 2.75) is 12.4 Å². The number of alkyl halides is 6. The van der Waals surface area contributed by atoms with Gasteiger partial charge in [0.25, 0.3) is 11.4 Å². The van der Waals surface area contributed by atoms with Gasteiger partial charge in [0, 0.05) is 34.4 Å². The molecule has 0 fully saturated rings. The van der Waals surface area contributed by atoms with Gasteiger partial charge in [-0.1, -0.05) is 24.3 Å². The molecule has 3 rings (SSSR count). The van der Waals surface area contributed by atoms with Crippen LogP contribution in [0.3, 0.4) is 0 Å². The van der Waals surface area contributed by atoms with E-state index in [1.54, 1.807) is 0 Å². The summed E-state index contributed by atoms with van der Waals surface area (Å²) >= 11 is 0. The minimum absolute atomic E-state index is 0.215. The van der Waals surface area contributed by atoms with Gasteiger partial charge in [-0.3, -0.25) is 29.8 Å². The summed E-state index contributed by atoms with van der Waals surface area (Å²) in [4.78, 5) is 44.4. The molecule has 0 aliphatic heterocycles. The van der Waals surface area contributed by atoms with E-state index in [1.165, 1.54) is 0 Å². The lowest BCUT2D eigenvalue weighted by Crippen LogP contribution is -2.12. The molecule has 0 saturated carbocycles. The summed E-state index contributed by atoms with van der Waals surface area (Å²) < 4.78 is 79.0. The minimum Gasteiger partial charge on any atom is -0.289 e. The fraction of sp³-hybridized carbons (Fsp3) is 0.0909. The van der Waals surface area contributed by atoms with Crippen LogP contribution in [-0.4, -0.2) is 21.4 Å². The van der Waals surface area contributed by atoms with E-state index in [0.29, 0.717) is 24.3 Å². The molecule has 8 nitrogen and oxygen atoms in total. The van der Waals surface area contributed by atoms with E-state index in [2.05, 4.69) is 0 Å². The third kappa shape index (κ3) is 5.21. The topological polar surface area (TPSA) is 120 Å². The number of nitro benzene ring substituents is 2. The van der Waals surface area contributed by atoms with Crippen LogP contribution < -0.4 is 0 Å². The molecule has 0 atom stereocenters. The van der Waals surface area contributed by atoms with E-state index < -0.39 is 67.4 Å². The molecule has 0 aromatic heterocycles. The van der Waals surface area contributed by atoms with E-state index in [0.717, 1.165) is 36.4 Å². The molecular weight excluding hydrogens is 502 g/mol. The van der Waals surface area contributed by atoms with Crippen molar-refractivity contribution in [3.05, 3.63) is 114 Å². The molecule has 0 saturated heterocycles. The Balaban J connectivity index is 1.93. The number of nitrogens with zero attached hydrogens (tertiary/aromatic N) is 2. The molecule has 14 heteroatoms. The Morgan fingerprint density at radius 1 is 0.556 bits per heavy atom. The predicted octanol–water partition coefficient (Wildman–Crippen LogP) is 6.00. The van der Waals surface area contributed by atoms with E-state index in [-0.39, 0.29) is 11.1 Å². The number of ketones is 2. The molecule has 0 aliphatic rings. The quantitative estimate of drug-likeness (QED) is 0.173. The molecule has 0 radical (unpaired) electrons. The monoisotopic (exact) mass is 512 g/mol. The zero-order valence-corrected chi connectivity index (χ0v) is 17.4. The van der Waals surface area contributed by atoms with Crippen molar-refractivity contribution < 1.29 is 45.8 Å². The van der Waals surface area contributed by atoms with E-state index in [4.69, 9.17) is 0 Å². The molecule has 0 aliphatic carbocycles. The highest BCUT2D eigenvalue weighted by Crippen LogP contribution is 2.38. The molecule has 3 aromatic carbocycles. The molecule has 0 spiro atoms. The lowest BCUT2D eigenvalue weighted by molar-refractivity contribution is -0.388. The number of hydrogen-bond acceptors (Lipinski definition) is 6. The van der Waals surface area contributed by atoms with Crippen LogP contribution in [0.5, 0.6) is 0 Å². The SMILES string of the molecule is O=C(c1ccc(C(=O)c2ccc([N+](=O)[O-])c(C(F)(F)F)c2)cc1)c1ccc([N+](=O)[O-])c(C(F)(F)F)c1. The first-order valence-electron chi connectivity index (χ1n) is 9.52. The first-order valence-corrected chi connectivity index (χ1v) is 9.52. The van der Waals surface area contributed by atoms with Crippen molar-refractivity contribution in [1.29, 1.82) is 0 Å². The number of benzene rings is 3. The Hall–Kier alpha value is -4.62. The van der Waals surface area contributed by atoms with Gasteiger partial charge in [-0.05, 0) is 24.3 Å². The molecular formula is C22H10F6N2O6. The van der Waals surface area contributed by atoms with E-state index >= 15 is 0 Å². The van der Waals surface area contributed by atoms with Gasteiger partial charge in [0.05, 0.1) is 9.85 Å². The maximum atomic E-state index is 13.2. The fourth-order valence-electron chi connectivity index (χ4n) is 3.23. The van der Waals surface area contributed by atoms with Crippen LogP contribution in [0.25, 0.3) is 0 Å². The van der Waals surface area contributed by atoms with Gasteiger partial charge < -0.3 is 0 Å². The molecule has 0 bridgehead atoms. The highest BCUT2D eigenvalue weighted by molar-refractivity contribution is 6.12. The van der Waals surface area contributed by atoms with Crippen LogP contribution in [0.15, 0.2) is 60.7 Å². The second-order valence-electron chi connectivity index (χ2n) is 7.21. The Bertz CT molecular complexity index is 1290. The number of carbonyl (C=O) groups excluding carboxylic acids is 2. The van der Waals surface area contributed by atoms with Gasteiger partial charge in [0.2, 0.25) is 0 Å². The van der Waals surface area contributed by atoms with Gasteiger partial charge in [-0.2, -0.15) is 26.3 Å². The average molecular weight is 512 g/mol. The van der Waals surface area contributed by atoms with Gasteiger partial charge in [-0.15, -0.1) is 0 Å². The third-order valence-electron chi connectivity index (χ3n) is 4.93. The minimum atomic E-state index is -5.12. The lowest BCUT2D eigenvalue weighted by atomic mass is 9.96. The Morgan fingerprint density at radius 3 is 1.08 bits per heavy atom. The van der Waals surface area contributed by atoms with Crippen LogP contribution in [0.2, 0.25) is 0 Å². The predicted molar refractivity (Wildman–Crippen MR) is 110 cm³/mol. The van der Waals surface area contributed by atoms with Gasteiger partial charge in [-0.25, -0.2) is 0 Å². The van der Waals surface area contributed by atoms with Crippen LogP contribution >= 0.6 is 0 Å². The zero-order chi connectivity index (χ0) is 27.0. The maximum absolute atomic E-state index is 13.2. The summed E-state index contributed by atoms with van der Waals surface area (Å²) in [5, 5.41) is 21.7. The van der Waals surface area contributed by atoms with Crippen LogP contribution in [0.1, 0.15) is 43.0 Å². The van der Waals surface area contributed by atoms with Crippen molar-refractivity contribution in [1.82, 2.24) is 0 Å². The van der Waals surface area contributed by atoms with Crippen LogP contribution in [0.4, 0.5) is 37.7 Å². The standard InChI is InChI=1S/C22H10F6N2O6/c23-21(24,25)15-9-13(5-7-17(15)29(33)34)19(31)11-1-2-12(4-3-11)20(32)14-6-8-18(30(35)36)16(10-14)22(26,27)28/h1-10H. The van der Waals surface area contributed by atoms with Crippen molar-refractivity contribution in [3.8, 4) is 0 Å². The molecule has 36 heavy (non-hydrogen) atoms. The van der Waals surface area contributed by atoms with Gasteiger partial charge in [0.15, 0.2) is 11.6 Å². The smallest absolute Gasteiger partial charge is 0.289 e. The lowest BCUT2D eigenvalue weighted by Gasteiger charge is -2.10. The van der Waals surface area contributed by atoms with Crippen molar-refractivity contribution >= 4 is 22.9 Å². The Kier molecular flexibility index (Phi) is 6.64. The highest BCUT2D eigenvalue weighted by Gasteiger charge is 2.40. The number of carbonyl (C=O) groups is 2. The van der Waals surface area contributed by atoms with Crippen molar-refractivity contribution in [2.24, 2.45) is 0 Å². The summed E-state index contributed by atoms with van der Waals surface area (Å²) in [7, 11) is 0. The van der Waals surface area contributed by atoms with Crippen LogP contribution in [-0.2, 0) is 12.4 Å². The first kappa shape index (κ1) is 26.0. The molecule has 186 valence electrons. The second kappa shape index (κ2) is 9.20. The molecule has 0 amide bonds. The maximum Gasteiger partial charge on any atom is 0.423 e. The molecule has 0 N–H and O–H groups in total. The number of rotatable bonds is 6. The second-order valence-corrected chi connectivity index (χ2v) is 7.21. The summed E-state index contributed by atoms with van der Waals surface area (Å²) in [6, 6.07) is 7.45.